The molecule has 1 N–H and O–H groups in total. The molecular weight excluding hydrogens is 230 g/mol. The highest BCUT2D eigenvalue weighted by atomic mass is 16.5. The minimum absolute atomic E-state index is 0.163. The highest BCUT2D eigenvalue weighted by Crippen LogP contribution is 2.30. The number of carbonyl (C=O) groups excluding carboxylic acids is 1. The molecule has 1 amide bonds. The van der Waals surface area contributed by atoms with E-state index in [0.29, 0.717) is 30.4 Å². The normalized spacial score (nSPS) is 10.4. The fourth-order valence-corrected chi connectivity index (χ4v) is 1.46. The van der Waals surface area contributed by atoms with Crippen LogP contribution in [0.5, 0.6) is 11.5 Å². The Labute approximate surface area is 108 Å². The second kappa shape index (κ2) is 7.37. The Morgan fingerprint density at radius 2 is 1.89 bits per heavy atom. The van der Waals surface area contributed by atoms with Gasteiger partial charge in [-0.3, -0.25) is 4.79 Å². The molecule has 0 unspecified atom stereocenters. The third kappa shape index (κ3) is 4.13. The molecular formula is C14H19NO3. The molecule has 0 atom stereocenters. The second-order valence-electron chi connectivity index (χ2n) is 3.52. The lowest BCUT2D eigenvalue weighted by Crippen LogP contribution is -2.08. The maximum Gasteiger partial charge on any atom is 0.248 e. The zero-order chi connectivity index (χ0) is 13.4. The summed E-state index contributed by atoms with van der Waals surface area (Å²) in [6, 6.07) is 5.34. The Bertz CT molecular complexity index is 427. The van der Waals surface area contributed by atoms with Gasteiger partial charge in [-0.05, 0) is 39.0 Å². The fraction of sp³-hybridized carbons (Fsp3) is 0.357. The largest absolute Gasteiger partial charge is 0.490 e. The minimum atomic E-state index is -0.163. The summed E-state index contributed by atoms with van der Waals surface area (Å²) < 4.78 is 10.9. The maximum absolute atomic E-state index is 11.4. The molecule has 98 valence electrons. The monoisotopic (exact) mass is 249 g/mol. The van der Waals surface area contributed by atoms with E-state index in [1.54, 1.807) is 31.2 Å². The summed E-state index contributed by atoms with van der Waals surface area (Å²) >= 11 is 0. The molecule has 0 aliphatic carbocycles. The summed E-state index contributed by atoms with van der Waals surface area (Å²) in [6.07, 6.45) is 3.16. The summed E-state index contributed by atoms with van der Waals surface area (Å²) in [5.41, 5.74) is 0.685. The van der Waals surface area contributed by atoms with Gasteiger partial charge in [-0.2, -0.15) is 0 Å². The van der Waals surface area contributed by atoms with E-state index >= 15 is 0 Å². The summed E-state index contributed by atoms with van der Waals surface area (Å²) in [5, 5.41) is 2.75. The van der Waals surface area contributed by atoms with Gasteiger partial charge >= 0.3 is 0 Å². The smallest absolute Gasteiger partial charge is 0.248 e. The zero-order valence-corrected chi connectivity index (χ0v) is 11.0. The van der Waals surface area contributed by atoms with Crippen molar-refractivity contribution in [1.82, 2.24) is 0 Å². The Morgan fingerprint density at radius 3 is 2.50 bits per heavy atom. The van der Waals surface area contributed by atoms with Crippen LogP contribution in [0, 0.1) is 0 Å². The number of anilines is 1. The van der Waals surface area contributed by atoms with Crippen LogP contribution in [0.4, 0.5) is 5.69 Å². The van der Waals surface area contributed by atoms with E-state index in [1.165, 1.54) is 6.08 Å². The Hall–Kier alpha value is -1.97. The molecule has 0 aromatic heterocycles. The van der Waals surface area contributed by atoms with Gasteiger partial charge in [0.25, 0.3) is 0 Å². The average molecular weight is 249 g/mol. The highest BCUT2D eigenvalue weighted by molar-refractivity contribution is 5.99. The van der Waals surface area contributed by atoms with Gasteiger partial charge in [-0.25, -0.2) is 0 Å². The molecule has 0 heterocycles. The first-order valence-corrected chi connectivity index (χ1v) is 6.04. The summed E-state index contributed by atoms with van der Waals surface area (Å²) in [6.45, 7) is 6.73. The quantitative estimate of drug-likeness (QED) is 0.788. The molecule has 0 saturated heterocycles. The molecule has 18 heavy (non-hydrogen) atoms. The molecule has 0 saturated carbocycles. The molecule has 0 spiro atoms. The lowest BCUT2D eigenvalue weighted by Gasteiger charge is -2.12. The Kier molecular flexibility index (Phi) is 5.77. The topological polar surface area (TPSA) is 47.6 Å². The van der Waals surface area contributed by atoms with Crippen LogP contribution in [0.1, 0.15) is 20.8 Å². The molecule has 0 radical (unpaired) electrons. The average Bonchev–Trinajstić information content (AvgIpc) is 2.33. The number of nitrogens with one attached hydrogen (secondary N) is 1. The number of hydrogen-bond acceptors (Lipinski definition) is 3. The van der Waals surface area contributed by atoms with Crippen molar-refractivity contribution in [1.29, 1.82) is 0 Å². The van der Waals surface area contributed by atoms with Gasteiger partial charge < -0.3 is 14.8 Å². The van der Waals surface area contributed by atoms with Gasteiger partial charge in [0, 0.05) is 11.8 Å². The van der Waals surface area contributed by atoms with Gasteiger partial charge in [0.2, 0.25) is 5.91 Å². The third-order valence-electron chi connectivity index (χ3n) is 2.13. The first-order valence-electron chi connectivity index (χ1n) is 6.04. The predicted molar refractivity (Wildman–Crippen MR) is 72.2 cm³/mol. The van der Waals surface area contributed by atoms with E-state index in [2.05, 4.69) is 5.32 Å². The molecule has 4 heteroatoms. The number of benzene rings is 1. The first kappa shape index (κ1) is 14.1. The van der Waals surface area contributed by atoms with Crippen LogP contribution in [0.3, 0.4) is 0 Å². The highest BCUT2D eigenvalue weighted by Gasteiger charge is 2.07. The molecule has 0 aliphatic heterocycles. The van der Waals surface area contributed by atoms with E-state index in [9.17, 15) is 4.79 Å². The van der Waals surface area contributed by atoms with Crippen molar-refractivity contribution in [3.05, 3.63) is 30.4 Å². The van der Waals surface area contributed by atoms with E-state index in [4.69, 9.17) is 9.47 Å². The minimum Gasteiger partial charge on any atom is -0.490 e. The molecule has 4 nitrogen and oxygen atoms in total. The number of hydrogen-bond donors (Lipinski definition) is 1. The number of amides is 1. The van der Waals surface area contributed by atoms with Crippen LogP contribution in [-0.2, 0) is 4.79 Å². The SMILES string of the molecule is C/C=C\C(=O)Nc1ccc(OCC)c(OCC)c1. The van der Waals surface area contributed by atoms with Crippen LogP contribution in [0.15, 0.2) is 30.4 Å². The number of rotatable bonds is 6. The predicted octanol–water partition coefficient (Wildman–Crippen LogP) is 3.00. The molecule has 1 rings (SSSR count). The molecule has 0 bridgehead atoms. The van der Waals surface area contributed by atoms with Gasteiger partial charge in [-0.1, -0.05) is 6.08 Å². The molecule has 0 fully saturated rings. The van der Waals surface area contributed by atoms with Crippen molar-refractivity contribution in [3.63, 3.8) is 0 Å². The Morgan fingerprint density at radius 1 is 1.22 bits per heavy atom. The summed E-state index contributed by atoms with van der Waals surface area (Å²) in [4.78, 5) is 11.4. The zero-order valence-electron chi connectivity index (χ0n) is 11.0. The second-order valence-corrected chi connectivity index (χ2v) is 3.52. The Balaban J connectivity index is 2.88. The van der Waals surface area contributed by atoms with Crippen LogP contribution in [0.25, 0.3) is 0 Å². The third-order valence-corrected chi connectivity index (χ3v) is 2.13. The number of ether oxygens (including phenoxy) is 2. The van der Waals surface area contributed by atoms with Gasteiger partial charge in [-0.15, -0.1) is 0 Å². The number of carbonyl (C=O) groups is 1. The summed E-state index contributed by atoms with van der Waals surface area (Å²) in [7, 11) is 0. The van der Waals surface area contributed by atoms with E-state index in [1.807, 2.05) is 13.8 Å². The van der Waals surface area contributed by atoms with Gasteiger partial charge in [0.15, 0.2) is 11.5 Å². The van der Waals surface area contributed by atoms with Crippen molar-refractivity contribution < 1.29 is 14.3 Å². The van der Waals surface area contributed by atoms with Crippen molar-refractivity contribution in [3.8, 4) is 11.5 Å². The van der Waals surface area contributed by atoms with Crippen LogP contribution >= 0.6 is 0 Å². The summed E-state index contributed by atoms with van der Waals surface area (Å²) in [5.74, 6) is 1.16. The van der Waals surface area contributed by atoms with Crippen LogP contribution < -0.4 is 14.8 Å². The fourth-order valence-electron chi connectivity index (χ4n) is 1.46. The maximum atomic E-state index is 11.4. The lowest BCUT2D eigenvalue weighted by atomic mass is 10.2. The first-order chi connectivity index (χ1) is 8.71. The van der Waals surface area contributed by atoms with E-state index in [0.717, 1.165) is 0 Å². The van der Waals surface area contributed by atoms with E-state index < -0.39 is 0 Å². The van der Waals surface area contributed by atoms with Crippen molar-refractivity contribution in [2.75, 3.05) is 18.5 Å². The van der Waals surface area contributed by atoms with Crippen molar-refractivity contribution in [2.24, 2.45) is 0 Å². The van der Waals surface area contributed by atoms with Gasteiger partial charge in [0.05, 0.1) is 13.2 Å². The molecule has 1 aromatic carbocycles. The van der Waals surface area contributed by atoms with Crippen LogP contribution in [-0.4, -0.2) is 19.1 Å². The van der Waals surface area contributed by atoms with Crippen molar-refractivity contribution in [2.45, 2.75) is 20.8 Å². The molecule has 0 aliphatic rings. The van der Waals surface area contributed by atoms with Crippen LogP contribution in [0.2, 0.25) is 0 Å². The standard InChI is InChI=1S/C14H19NO3/c1-4-7-14(16)15-11-8-9-12(17-5-2)13(10-11)18-6-3/h4,7-10H,5-6H2,1-3H3,(H,15,16)/b7-4-. The van der Waals surface area contributed by atoms with Gasteiger partial charge in [0.1, 0.15) is 0 Å². The van der Waals surface area contributed by atoms with E-state index in [-0.39, 0.29) is 5.91 Å². The van der Waals surface area contributed by atoms with Crippen molar-refractivity contribution >= 4 is 11.6 Å². The lowest BCUT2D eigenvalue weighted by molar-refractivity contribution is -0.111. The molecule has 1 aromatic rings. The number of allylic oxidation sites excluding steroid dienone is 1.